The molecule has 5 nitrogen and oxygen atoms in total. The quantitative estimate of drug-likeness (QED) is 0.797. The number of aromatic carboxylic acids is 1. The first-order valence-corrected chi connectivity index (χ1v) is 5.17. The molecule has 1 aromatic carbocycles. The van der Waals surface area contributed by atoms with Crippen LogP contribution in [0.3, 0.4) is 0 Å². The van der Waals surface area contributed by atoms with Gasteiger partial charge in [-0.3, -0.25) is 0 Å². The Bertz CT molecular complexity index is 431. The van der Waals surface area contributed by atoms with Crippen LogP contribution in [-0.4, -0.2) is 26.9 Å². The molecule has 0 heterocycles. The molecular weight excluding hydrogens is 244 g/mol. The summed E-state index contributed by atoms with van der Waals surface area (Å²) in [7, 11) is 1.29. The summed E-state index contributed by atoms with van der Waals surface area (Å²) in [6, 6.07) is 2.20. The second-order valence-electron chi connectivity index (χ2n) is 2.54. The Labute approximate surface area is 92.9 Å². The molecule has 82 valence electrons. The summed E-state index contributed by atoms with van der Waals surface area (Å²) < 4.78 is 24.4. The molecule has 2 N–H and O–H groups in total. The molecule has 1 aromatic rings. The van der Waals surface area contributed by atoms with Crippen molar-refractivity contribution in [3.8, 4) is 5.75 Å². The first-order chi connectivity index (χ1) is 6.97. The zero-order valence-corrected chi connectivity index (χ0v) is 9.13. The number of carbonyl (C=O) groups is 1. The van der Waals surface area contributed by atoms with E-state index in [-0.39, 0.29) is 21.2 Å². The van der Waals surface area contributed by atoms with Crippen LogP contribution in [0.5, 0.6) is 5.75 Å². The summed E-state index contributed by atoms with van der Waals surface area (Å²) in [5.74, 6) is -1.21. The van der Waals surface area contributed by atoms with Gasteiger partial charge in [-0.05, 0) is 6.07 Å². The first kappa shape index (κ1) is 12.0. The monoisotopic (exact) mass is 250 g/mol. The molecule has 7 heteroatoms. The highest BCUT2D eigenvalue weighted by Gasteiger charge is 2.17. The number of halogens is 1. The average molecular weight is 251 g/mol. The van der Waals surface area contributed by atoms with Gasteiger partial charge in [0.1, 0.15) is 11.3 Å². The van der Waals surface area contributed by atoms with Crippen molar-refractivity contribution in [1.29, 1.82) is 0 Å². The minimum absolute atomic E-state index is 0.0160. The van der Waals surface area contributed by atoms with Crippen LogP contribution in [0.4, 0.5) is 0 Å². The van der Waals surface area contributed by atoms with E-state index in [0.717, 1.165) is 6.07 Å². The van der Waals surface area contributed by atoms with E-state index < -0.39 is 17.0 Å². The Hall–Kier alpha value is -1.11. The number of hydrogen-bond donors (Lipinski definition) is 2. The van der Waals surface area contributed by atoms with Gasteiger partial charge >= 0.3 is 5.97 Å². The van der Waals surface area contributed by atoms with Crippen LogP contribution < -0.4 is 4.74 Å². The second kappa shape index (κ2) is 4.61. The second-order valence-corrected chi connectivity index (χ2v) is 3.88. The Balaban J connectivity index is 3.43. The molecule has 0 aliphatic carbocycles. The summed E-state index contributed by atoms with van der Waals surface area (Å²) in [6.45, 7) is 0. The van der Waals surface area contributed by atoms with Gasteiger partial charge in [0, 0.05) is 6.07 Å². The van der Waals surface area contributed by atoms with Crippen molar-refractivity contribution in [1.82, 2.24) is 0 Å². The molecule has 1 rings (SSSR count). The molecular formula is C8H7ClO5S. The predicted octanol–water partition coefficient (Wildman–Crippen LogP) is 1.63. The number of ether oxygens (including phenoxy) is 1. The van der Waals surface area contributed by atoms with Gasteiger partial charge in [-0.25, -0.2) is 9.00 Å². The van der Waals surface area contributed by atoms with Crippen molar-refractivity contribution in [2.45, 2.75) is 4.90 Å². The SMILES string of the molecule is COc1cc(Cl)c(S(=O)O)cc1C(=O)O. The molecule has 0 fully saturated rings. The number of carboxylic acids is 1. The van der Waals surface area contributed by atoms with E-state index in [1.165, 1.54) is 13.2 Å². The lowest BCUT2D eigenvalue weighted by atomic mass is 10.2. The highest BCUT2D eigenvalue weighted by atomic mass is 35.5. The highest BCUT2D eigenvalue weighted by Crippen LogP contribution is 2.28. The van der Waals surface area contributed by atoms with Gasteiger partial charge in [-0.15, -0.1) is 0 Å². The molecule has 0 amide bonds. The van der Waals surface area contributed by atoms with E-state index in [1.54, 1.807) is 0 Å². The number of rotatable bonds is 3. The third kappa shape index (κ3) is 2.47. The summed E-state index contributed by atoms with van der Waals surface area (Å²) in [4.78, 5) is 10.6. The Morgan fingerprint density at radius 2 is 2.13 bits per heavy atom. The lowest BCUT2D eigenvalue weighted by molar-refractivity contribution is 0.0693. The smallest absolute Gasteiger partial charge is 0.339 e. The van der Waals surface area contributed by atoms with E-state index in [2.05, 4.69) is 0 Å². The summed E-state index contributed by atoms with van der Waals surface area (Å²) in [5, 5.41) is 8.77. The van der Waals surface area contributed by atoms with Crippen LogP contribution in [0.15, 0.2) is 17.0 Å². The van der Waals surface area contributed by atoms with Crippen molar-refractivity contribution in [2.24, 2.45) is 0 Å². The van der Waals surface area contributed by atoms with Gasteiger partial charge in [-0.2, -0.15) is 0 Å². The maximum atomic E-state index is 10.8. The number of methoxy groups -OCH3 is 1. The Kier molecular flexibility index (Phi) is 3.67. The predicted molar refractivity (Wildman–Crippen MR) is 54.0 cm³/mol. The molecule has 0 saturated carbocycles. The normalized spacial score (nSPS) is 12.2. The third-order valence-corrected chi connectivity index (χ3v) is 2.81. The molecule has 0 spiro atoms. The molecule has 0 aliphatic heterocycles. The van der Waals surface area contributed by atoms with E-state index in [0.29, 0.717) is 0 Å². The van der Waals surface area contributed by atoms with E-state index in [1.807, 2.05) is 0 Å². The maximum Gasteiger partial charge on any atom is 0.339 e. The average Bonchev–Trinajstić information content (AvgIpc) is 2.16. The van der Waals surface area contributed by atoms with Crippen LogP contribution in [0.2, 0.25) is 5.02 Å². The fourth-order valence-corrected chi connectivity index (χ4v) is 1.80. The number of carboxylic acid groups (broad SMARTS) is 1. The van der Waals surface area contributed by atoms with Crippen LogP contribution in [0.25, 0.3) is 0 Å². The van der Waals surface area contributed by atoms with E-state index in [9.17, 15) is 9.00 Å². The molecule has 0 saturated heterocycles. The third-order valence-electron chi connectivity index (χ3n) is 1.67. The Morgan fingerprint density at radius 1 is 1.53 bits per heavy atom. The van der Waals surface area contributed by atoms with Crippen molar-refractivity contribution in [3.63, 3.8) is 0 Å². The molecule has 15 heavy (non-hydrogen) atoms. The molecule has 0 aromatic heterocycles. The Morgan fingerprint density at radius 3 is 2.53 bits per heavy atom. The fourth-order valence-electron chi connectivity index (χ4n) is 1.00. The van der Waals surface area contributed by atoms with Crippen molar-refractivity contribution < 1.29 is 23.4 Å². The summed E-state index contributed by atoms with van der Waals surface area (Å²) >= 11 is 3.33. The first-order valence-electron chi connectivity index (χ1n) is 3.69. The standard InChI is InChI=1S/C8H7ClO5S/c1-14-6-3-5(9)7(15(12)13)2-4(6)8(10)11/h2-3H,1H3,(H,10,11)(H,12,13). The van der Waals surface area contributed by atoms with Gasteiger partial charge in [0.25, 0.3) is 0 Å². The lowest BCUT2D eigenvalue weighted by Gasteiger charge is -2.07. The molecule has 1 atom stereocenters. The molecule has 0 aliphatic rings. The van der Waals surface area contributed by atoms with Crippen LogP contribution in [-0.2, 0) is 11.1 Å². The minimum Gasteiger partial charge on any atom is -0.496 e. The van der Waals surface area contributed by atoms with Crippen molar-refractivity contribution in [3.05, 3.63) is 22.7 Å². The number of hydrogen-bond acceptors (Lipinski definition) is 3. The van der Waals surface area contributed by atoms with E-state index >= 15 is 0 Å². The van der Waals surface area contributed by atoms with E-state index in [4.69, 9.17) is 26.0 Å². The van der Waals surface area contributed by atoms with Crippen molar-refractivity contribution >= 4 is 28.7 Å². The van der Waals surface area contributed by atoms with Crippen LogP contribution in [0.1, 0.15) is 10.4 Å². The number of benzene rings is 1. The maximum absolute atomic E-state index is 10.8. The molecule has 1 unspecified atom stereocenters. The molecule has 0 bridgehead atoms. The summed E-state index contributed by atoms with van der Waals surface area (Å²) in [6.07, 6.45) is 0. The van der Waals surface area contributed by atoms with Crippen molar-refractivity contribution in [2.75, 3.05) is 7.11 Å². The van der Waals surface area contributed by atoms with Gasteiger partial charge in [0.05, 0.1) is 17.0 Å². The van der Waals surface area contributed by atoms with Gasteiger partial charge < -0.3 is 14.4 Å². The fraction of sp³-hybridized carbons (Fsp3) is 0.125. The van der Waals surface area contributed by atoms with Gasteiger partial charge in [0.2, 0.25) is 0 Å². The minimum atomic E-state index is -2.33. The highest BCUT2D eigenvalue weighted by molar-refractivity contribution is 7.79. The summed E-state index contributed by atoms with van der Waals surface area (Å²) in [5.41, 5.74) is -0.209. The largest absolute Gasteiger partial charge is 0.496 e. The molecule has 0 radical (unpaired) electrons. The van der Waals surface area contributed by atoms with Gasteiger partial charge in [0.15, 0.2) is 11.1 Å². The van der Waals surface area contributed by atoms with Crippen LogP contribution in [0, 0.1) is 0 Å². The lowest BCUT2D eigenvalue weighted by Crippen LogP contribution is -2.03. The van der Waals surface area contributed by atoms with Crippen LogP contribution >= 0.6 is 11.6 Å². The topological polar surface area (TPSA) is 83.8 Å². The van der Waals surface area contributed by atoms with Gasteiger partial charge in [-0.1, -0.05) is 11.6 Å². The zero-order chi connectivity index (χ0) is 11.6. The zero-order valence-electron chi connectivity index (χ0n) is 7.56.